The molecule has 0 unspecified atom stereocenters. The van der Waals surface area contributed by atoms with Gasteiger partial charge in [0, 0.05) is 18.7 Å². The van der Waals surface area contributed by atoms with E-state index in [1.54, 1.807) is 11.8 Å². The van der Waals surface area contributed by atoms with Crippen molar-refractivity contribution in [3.8, 4) is 5.75 Å². The van der Waals surface area contributed by atoms with E-state index >= 15 is 0 Å². The third-order valence-electron chi connectivity index (χ3n) is 6.57. The van der Waals surface area contributed by atoms with Crippen molar-refractivity contribution in [3.63, 3.8) is 0 Å². The quantitative estimate of drug-likeness (QED) is 0.455. The third-order valence-corrected chi connectivity index (χ3v) is 6.57. The fourth-order valence-electron chi connectivity index (χ4n) is 4.67. The first-order valence-electron chi connectivity index (χ1n) is 11.5. The molecule has 176 valence electrons. The second-order valence-corrected chi connectivity index (χ2v) is 8.81. The summed E-state index contributed by atoms with van der Waals surface area (Å²) in [5.41, 5.74) is 3.31. The fourth-order valence-corrected chi connectivity index (χ4v) is 4.67. The number of para-hydroxylation sites is 1. The summed E-state index contributed by atoms with van der Waals surface area (Å²) in [7, 11) is 1.64. The van der Waals surface area contributed by atoms with E-state index in [9.17, 15) is 9.90 Å². The zero-order valence-electron chi connectivity index (χ0n) is 19.3. The van der Waals surface area contributed by atoms with Crippen LogP contribution in [0.4, 0.5) is 0 Å². The van der Waals surface area contributed by atoms with Gasteiger partial charge in [-0.3, -0.25) is 9.69 Å². The Morgan fingerprint density at radius 2 is 1.94 bits per heavy atom. The van der Waals surface area contributed by atoms with Gasteiger partial charge in [0.25, 0.3) is 5.56 Å². The highest BCUT2D eigenvalue weighted by Gasteiger charge is 2.32. The highest BCUT2D eigenvalue weighted by atomic mass is 16.5. The van der Waals surface area contributed by atoms with Crippen LogP contribution in [0.2, 0.25) is 0 Å². The second-order valence-electron chi connectivity index (χ2n) is 8.81. The number of aromatic nitrogens is 5. The van der Waals surface area contributed by atoms with Gasteiger partial charge in [0.2, 0.25) is 0 Å². The number of hydrogen-bond donors (Lipinski definition) is 2. The lowest BCUT2D eigenvalue weighted by molar-refractivity contribution is 0.0659. The van der Waals surface area contributed by atoms with E-state index in [1.165, 1.54) is 0 Å². The normalized spacial score (nSPS) is 16.1. The Morgan fingerprint density at radius 1 is 1.18 bits per heavy atom. The number of aryl methyl sites for hydroxylation is 1. The van der Waals surface area contributed by atoms with Crippen molar-refractivity contribution in [2.24, 2.45) is 0 Å². The molecule has 1 atom stereocenters. The van der Waals surface area contributed by atoms with Crippen LogP contribution >= 0.6 is 0 Å². The van der Waals surface area contributed by atoms with Gasteiger partial charge in [-0.2, -0.15) is 0 Å². The van der Waals surface area contributed by atoms with E-state index in [-0.39, 0.29) is 11.7 Å². The smallest absolute Gasteiger partial charge is 0.253 e. The first-order chi connectivity index (χ1) is 16.5. The Morgan fingerprint density at radius 3 is 2.68 bits per heavy atom. The number of fused-ring (bicyclic) bond motifs is 1. The number of aliphatic hydroxyl groups is 1. The average molecular weight is 461 g/mol. The van der Waals surface area contributed by atoms with Crippen LogP contribution in [0.25, 0.3) is 10.9 Å². The number of benzene rings is 2. The molecule has 4 aromatic rings. The molecule has 3 heterocycles. The van der Waals surface area contributed by atoms with Crippen LogP contribution in [-0.2, 0) is 6.54 Å². The summed E-state index contributed by atoms with van der Waals surface area (Å²) in [5, 5.41) is 23.6. The maximum absolute atomic E-state index is 13.3. The van der Waals surface area contributed by atoms with Crippen LogP contribution in [0.5, 0.6) is 5.75 Å². The van der Waals surface area contributed by atoms with Crippen LogP contribution in [-0.4, -0.2) is 61.5 Å². The molecule has 9 nitrogen and oxygen atoms in total. The minimum absolute atomic E-state index is 0.156. The summed E-state index contributed by atoms with van der Waals surface area (Å²) in [4.78, 5) is 18.6. The Balaban J connectivity index is 1.58. The molecule has 0 bridgehead atoms. The lowest BCUT2D eigenvalue weighted by atomic mass is 9.99. The molecule has 2 aromatic heterocycles. The number of hydrogen-bond acceptors (Lipinski definition) is 7. The fraction of sp³-hybridized carbons (Fsp3) is 0.360. The lowest BCUT2D eigenvalue weighted by Crippen LogP contribution is -2.41. The summed E-state index contributed by atoms with van der Waals surface area (Å²) in [6.07, 6.45) is 0.951. The molecule has 2 aromatic carbocycles. The molecule has 0 radical (unpaired) electrons. The van der Waals surface area contributed by atoms with Crippen LogP contribution in [0.1, 0.15) is 41.4 Å². The average Bonchev–Trinajstić information content (AvgIpc) is 3.29. The minimum Gasteiger partial charge on any atom is -0.497 e. The number of rotatable bonds is 6. The number of piperidine rings is 1. The van der Waals surface area contributed by atoms with E-state index < -0.39 is 6.04 Å². The van der Waals surface area contributed by atoms with Gasteiger partial charge >= 0.3 is 0 Å². The number of ether oxygens (including phenoxy) is 1. The highest BCUT2D eigenvalue weighted by Crippen LogP contribution is 2.30. The van der Waals surface area contributed by atoms with Gasteiger partial charge in [0.15, 0.2) is 5.82 Å². The number of likely N-dealkylation sites (tertiary alicyclic amines) is 1. The van der Waals surface area contributed by atoms with Gasteiger partial charge in [0.1, 0.15) is 11.8 Å². The van der Waals surface area contributed by atoms with Crippen LogP contribution in [0.3, 0.4) is 0 Å². The summed E-state index contributed by atoms with van der Waals surface area (Å²) < 4.78 is 7.00. The zero-order chi connectivity index (χ0) is 23.7. The summed E-state index contributed by atoms with van der Waals surface area (Å²) in [6.45, 7) is 3.74. The monoisotopic (exact) mass is 460 g/mol. The van der Waals surface area contributed by atoms with Crippen molar-refractivity contribution in [2.75, 3.05) is 20.2 Å². The standard InChI is InChI=1S/C25H28N6O3/c1-16-4-3-5-18-14-21(25(33)26-22(16)18)23(30-12-10-19(32)11-13-30)24-27-28-29-31(24)15-17-6-8-20(34-2)9-7-17/h3-9,14,19,23,32H,10-13,15H2,1-2H3,(H,26,33)/t23-/m1/s1. The SMILES string of the molecule is COc1ccc(Cn2nnnc2[C@@H](c2cc3cccc(C)c3[nH]c2=O)N2CCC(O)CC2)cc1. The number of H-pyrrole nitrogens is 1. The van der Waals surface area contributed by atoms with Crippen molar-refractivity contribution in [2.45, 2.75) is 38.5 Å². The summed E-state index contributed by atoms with van der Waals surface area (Å²) in [6, 6.07) is 15.2. The maximum Gasteiger partial charge on any atom is 0.253 e. The predicted molar refractivity (Wildman–Crippen MR) is 128 cm³/mol. The Labute approximate surface area is 197 Å². The number of aliphatic hydroxyl groups excluding tert-OH is 1. The van der Waals surface area contributed by atoms with Crippen molar-refractivity contribution in [3.05, 3.63) is 81.4 Å². The summed E-state index contributed by atoms with van der Waals surface area (Å²) >= 11 is 0. The molecule has 5 rings (SSSR count). The van der Waals surface area contributed by atoms with Crippen LogP contribution in [0.15, 0.2) is 53.3 Å². The van der Waals surface area contributed by atoms with Crippen LogP contribution < -0.4 is 10.3 Å². The Bertz CT molecular complexity index is 1340. The van der Waals surface area contributed by atoms with Crippen molar-refractivity contribution in [1.82, 2.24) is 30.1 Å². The van der Waals surface area contributed by atoms with Gasteiger partial charge in [0.05, 0.1) is 25.3 Å². The molecule has 0 saturated carbocycles. The maximum atomic E-state index is 13.3. The largest absolute Gasteiger partial charge is 0.497 e. The highest BCUT2D eigenvalue weighted by molar-refractivity contribution is 5.82. The number of aromatic amines is 1. The topological polar surface area (TPSA) is 109 Å². The Hall–Kier alpha value is -3.56. The number of pyridine rings is 1. The third kappa shape index (κ3) is 4.32. The van der Waals surface area contributed by atoms with Crippen LogP contribution in [0, 0.1) is 6.92 Å². The first kappa shape index (κ1) is 22.2. The molecular weight excluding hydrogens is 432 g/mol. The van der Waals surface area contributed by atoms with Gasteiger partial charge in [-0.1, -0.05) is 30.3 Å². The second kappa shape index (κ2) is 9.36. The molecule has 0 amide bonds. The van der Waals surface area contributed by atoms with Gasteiger partial charge in [-0.25, -0.2) is 4.68 Å². The molecule has 9 heteroatoms. The van der Waals surface area contributed by atoms with E-state index in [0.717, 1.165) is 27.8 Å². The van der Waals surface area contributed by atoms with Crippen molar-refractivity contribution < 1.29 is 9.84 Å². The van der Waals surface area contributed by atoms with Crippen molar-refractivity contribution in [1.29, 1.82) is 0 Å². The van der Waals surface area contributed by atoms with Crippen molar-refractivity contribution >= 4 is 10.9 Å². The Kier molecular flexibility index (Phi) is 6.12. The number of methoxy groups -OCH3 is 1. The van der Waals surface area contributed by atoms with E-state index in [4.69, 9.17) is 4.74 Å². The minimum atomic E-state index is -0.436. The number of nitrogens with zero attached hydrogens (tertiary/aromatic N) is 5. The zero-order valence-corrected chi connectivity index (χ0v) is 19.3. The van der Waals surface area contributed by atoms with E-state index in [0.29, 0.717) is 43.9 Å². The predicted octanol–water partition coefficient (Wildman–Crippen LogP) is 2.43. The molecule has 1 fully saturated rings. The molecule has 0 spiro atoms. The van der Waals surface area contributed by atoms with Gasteiger partial charge in [-0.05, 0) is 64.9 Å². The number of nitrogens with one attached hydrogen (secondary N) is 1. The van der Waals surface area contributed by atoms with E-state index in [1.807, 2.05) is 55.5 Å². The molecule has 1 saturated heterocycles. The summed E-state index contributed by atoms with van der Waals surface area (Å²) in [5.74, 6) is 1.38. The molecule has 2 N–H and O–H groups in total. The molecule has 0 aliphatic carbocycles. The number of tetrazole rings is 1. The first-order valence-corrected chi connectivity index (χ1v) is 11.5. The van der Waals surface area contributed by atoms with Gasteiger partial charge < -0.3 is 14.8 Å². The molecular formula is C25H28N6O3. The van der Waals surface area contributed by atoms with Gasteiger partial charge in [-0.15, -0.1) is 5.10 Å². The van der Waals surface area contributed by atoms with E-state index in [2.05, 4.69) is 25.4 Å². The lowest BCUT2D eigenvalue weighted by Gasteiger charge is -2.35. The molecule has 1 aliphatic rings. The molecule has 1 aliphatic heterocycles. The molecule has 34 heavy (non-hydrogen) atoms.